The van der Waals surface area contributed by atoms with Crippen LogP contribution in [0.4, 0.5) is 11.8 Å². The highest BCUT2D eigenvalue weighted by molar-refractivity contribution is 5.44. The van der Waals surface area contributed by atoms with Crippen molar-refractivity contribution in [3.8, 4) is 0 Å². The lowest BCUT2D eigenvalue weighted by molar-refractivity contribution is 0.122. The largest absolute Gasteiger partial charge is 0.424 e. The van der Waals surface area contributed by atoms with E-state index in [0.717, 1.165) is 75.9 Å². The third-order valence-electron chi connectivity index (χ3n) is 5.85. The Morgan fingerprint density at radius 1 is 1.14 bits per heavy atom. The van der Waals surface area contributed by atoms with Gasteiger partial charge in [-0.2, -0.15) is 4.98 Å². The summed E-state index contributed by atoms with van der Waals surface area (Å²) in [6, 6.07) is 2.41. The standard InChI is InChI=1S/C19H27N7O2/c1-24(16-4-6-20-19(21-16)26-8-10-27-11-9-26)15-5-7-25(12-15)13-17-22-23-18(28-17)14-2-3-14/h4,6,14-15H,2-3,5,7-13H2,1H3. The van der Waals surface area contributed by atoms with E-state index >= 15 is 0 Å². The summed E-state index contributed by atoms with van der Waals surface area (Å²) >= 11 is 0. The summed E-state index contributed by atoms with van der Waals surface area (Å²) in [5.74, 6) is 3.83. The molecule has 1 atom stereocenters. The second kappa shape index (κ2) is 7.63. The molecule has 5 rings (SSSR count). The Labute approximate surface area is 164 Å². The van der Waals surface area contributed by atoms with Gasteiger partial charge in [-0.3, -0.25) is 4.90 Å². The SMILES string of the molecule is CN(c1ccnc(N2CCOCC2)n1)C1CCN(Cc2nnc(C3CC3)o2)C1. The lowest BCUT2D eigenvalue weighted by atomic mass is 10.2. The number of ether oxygens (including phenoxy) is 1. The smallest absolute Gasteiger partial charge is 0.230 e. The van der Waals surface area contributed by atoms with Gasteiger partial charge in [0.1, 0.15) is 5.82 Å². The third kappa shape index (κ3) is 3.81. The zero-order valence-electron chi connectivity index (χ0n) is 16.3. The van der Waals surface area contributed by atoms with Crippen LogP contribution in [0, 0.1) is 0 Å². The maximum Gasteiger partial charge on any atom is 0.230 e. The molecule has 3 fully saturated rings. The molecule has 2 aromatic rings. The molecule has 9 nitrogen and oxygen atoms in total. The highest BCUT2D eigenvalue weighted by Crippen LogP contribution is 2.39. The molecular weight excluding hydrogens is 358 g/mol. The molecule has 0 amide bonds. The van der Waals surface area contributed by atoms with Crippen LogP contribution in [0.3, 0.4) is 0 Å². The third-order valence-corrected chi connectivity index (χ3v) is 5.85. The number of aromatic nitrogens is 4. The van der Waals surface area contributed by atoms with Crippen molar-refractivity contribution in [2.75, 3.05) is 56.2 Å². The van der Waals surface area contributed by atoms with E-state index in [-0.39, 0.29) is 0 Å². The highest BCUT2D eigenvalue weighted by atomic mass is 16.5. The minimum Gasteiger partial charge on any atom is -0.424 e. The Balaban J connectivity index is 1.20. The molecule has 2 aromatic heterocycles. The second-order valence-corrected chi connectivity index (χ2v) is 7.91. The minimum atomic E-state index is 0.415. The molecule has 0 spiro atoms. The number of rotatable bonds is 6. The summed E-state index contributed by atoms with van der Waals surface area (Å²) < 4.78 is 11.2. The first kappa shape index (κ1) is 17.8. The van der Waals surface area contributed by atoms with Gasteiger partial charge >= 0.3 is 0 Å². The zero-order chi connectivity index (χ0) is 18.9. The number of anilines is 2. The molecule has 1 unspecified atom stereocenters. The van der Waals surface area contributed by atoms with Crippen LogP contribution in [0.2, 0.25) is 0 Å². The van der Waals surface area contributed by atoms with E-state index in [1.54, 1.807) is 0 Å². The van der Waals surface area contributed by atoms with E-state index in [4.69, 9.17) is 14.1 Å². The molecule has 0 aromatic carbocycles. The van der Waals surface area contributed by atoms with Gasteiger partial charge in [0.15, 0.2) is 0 Å². The van der Waals surface area contributed by atoms with Crippen LogP contribution in [-0.4, -0.2) is 77.5 Å². The van der Waals surface area contributed by atoms with Crippen LogP contribution in [0.1, 0.15) is 37.0 Å². The number of hydrogen-bond acceptors (Lipinski definition) is 9. The molecule has 1 saturated carbocycles. The zero-order valence-corrected chi connectivity index (χ0v) is 16.3. The van der Waals surface area contributed by atoms with Gasteiger partial charge in [0, 0.05) is 51.4 Å². The van der Waals surface area contributed by atoms with Crippen molar-refractivity contribution in [3.05, 3.63) is 24.0 Å². The van der Waals surface area contributed by atoms with Gasteiger partial charge in [0.05, 0.1) is 19.8 Å². The van der Waals surface area contributed by atoms with Gasteiger partial charge in [0.2, 0.25) is 17.7 Å². The van der Waals surface area contributed by atoms with E-state index in [2.05, 4.69) is 36.9 Å². The summed E-state index contributed by atoms with van der Waals surface area (Å²) in [4.78, 5) is 16.1. The van der Waals surface area contributed by atoms with Crippen LogP contribution in [-0.2, 0) is 11.3 Å². The quantitative estimate of drug-likeness (QED) is 0.730. The number of nitrogens with zero attached hydrogens (tertiary/aromatic N) is 7. The number of likely N-dealkylation sites (tertiary alicyclic amines) is 1. The van der Waals surface area contributed by atoms with Crippen molar-refractivity contribution in [3.63, 3.8) is 0 Å². The fourth-order valence-electron chi connectivity index (χ4n) is 3.93. The fourth-order valence-corrected chi connectivity index (χ4v) is 3.93. The number of hydrogen-bond donors (Lipinski definition) is 0. The van der Waals surface area contributed by atoms with Crippen molar-refractivity contribution < 1.29 is 9.15 Å². The van der Waals surface area contributed by atoms with Gasteiger partial charge in [-0.25, -0.2) is 4.98 Å². The predicted molar refractivity (Wildman–Crippen MR) is 103 cm³/mol. The summed E-state index contributed by atoms with van der Waals surface area (Å²) in [5.41, 5.74) is 0. The maximum atomic E-state index is 5.82. The molecule has 4 heterocycles. The lowest BCUT2D eigenvalue weighted by Gasteiger charge is -2.29. The van der Waals surface area contributed by atoms with Crippen molar-refractivity contribution in [2.24, 2.45) is 0 Å². The fraction of sp³-hybridized carbons (Fsp3) is 0.684. The van der Waals surface area contributed by atoms with E-state index in [1.165, 1.54) is 12.8 Å². The van der Waals surface area contributed by atoms with Gasteiger partial charge in [-0.05, 0) is 25.3 Å². The Morgan fingerprint density at radius 3 is 2.82 bits per heavy atom. The molecule has 28 heavy (non-hydrogen) atoms. The first-order valence-corrected chi connectivity index (χ1v) is 10.2. The molecular formula is C19H27N7O2. The summed E-state index contributed by atoms with van der Waals surface area (Å²) in [5, 5.41) is 8.42. The lowest BCUT2D eigenvalue weighted by Crippen LogP contribution is -2.38. The average Bonchev–Trinajstić information content (AvgIpc) is 3.32. The van der Waals surface area contributed by atoms with Crippen LogP contribution < -0.4 is 9.80 Å². The van der Waals surface area contributed by atoms with E-state index in [9.17, 15) is 0 Å². The minimum absolute atomic E-state index is 0.415. The monoisotopic (exact) mass is 385 g/mol. The topological polar surface area (TPSA) is 83.7 Å². The Morgan fingerprint density at radius 2 is 2.00 bits per heavy atom. The summed E-state index contributed by atoms with van der Waals surface area (Å²) in [6.45, 7) is 5.88. The van der Waals surface area contributed by atoms with Gasteiger partial charge in [-0.15, -0.1) is 10.2 Å². The highest BCUT2D eigenvalue weighted by Gasteiger charge is 2.31. The van der Waals surface area contributed by atoms with E-state index in [0.29, 0.717) is 12.0 Å². The number of morpholine rings is 1. The second-order valence-electron chi connectivity index (χ2n) is 7.91. The molecule has 0 N–H and O–H groups in total. The van der Waals surface area contributed by atoms with Crippen LogP contribution in [0.25, 0.3) is 0 Å². The van der Waals surface area contributed by atoms with Crippen molar-refractivity contribution in [2.45, 2.75) is 37.8 Å². The van der Waals surface area contributed by atoms with Gasteiger partial charge in [0.25, 0.3) is 0 Å². The van der Waals surface area contributed by atoms with Gasteiger partial charge < -0.3 is 19.0 Å². The molecule has 150 valence electrons. The Bertz CT molecular complexity index is 803. The van der Waals surface area contributed by atoms with E-state index < -0.39 is 0 Å². The van der Waals surface area contributed by atoms with Crippen molar-refractivity contribution >= 4 is 11.8 Å². The normalized spacial score (nSPS) is 23.3. The van der Waals surface area contributed by atoms with Crippen LogP contribution >= 0.6 is 0 Å². The summed E-state index contributed by atoms with van der Waals surface area (Å²) in [6.07, 6.45) is 5.32. The maximum absolute atomic E-state index is 5.82. The molecule has 2 saturated heterocycles. The van der Waals surface area contributed by atoms with Crippen LogP contribution in [0.15, 0.2) is 16.7 Å². The Hall–Kier alpha value is -2.26. The van der Waals surface area contributed by atoms with E-state index in [1.807, 2.05) is 12.3 Å². The predicted octanol–water partition coefficient (Wildman–Crippen LogP) is 1.28. The van der Waals surface area contributed by atoms with Crippen molar-refractivity contribution in [1.29, 1.82) is 0 Å². The average molecular weight is 385 g/mol. The van der Waals surface area contributed by atoms with Crippen LogP contribution in [0.5, 0.6) is 0 Å². The molecule has 1 aliphatic carbocycles. The van der Waals surface area contributed by atoms with Crippen molar-refractivity contribution in [1.82, 2.24) is 25.1 Å². The first-order chi connectivity index (χ1) is 13.8. The first-order valence-electron chi connectivity index (χ1n) is 10.2. The Kier molecular flexibility index (Phi) is 4.86. The molecule has 0 radical (unpaired) electrons. The number of likely N-dealkylation sites (N-methyl/N-ethyl adjacent to an activating group) is 1. The van der Waals surface area contributed by atoms with Gasteiger partial charge in [-0.1, -0.05) is 0 Å². The molecule has 3 aliphatic rings. The molecule has 9 heteroatoms. The summed E-state index contributed by atoms with van der Waals surface area (Å²) in [7, 11) is 2.12. The molecule has 0 bridgehead atoms. The molecule has 2 aliphatic heterocycles.